The van der Waals surface area contributed by atoms with Crippen LogP contribution < -0.4 is 10.9 Å². The fraction of sp³-hybridized carbons (Fsp3) is 0.0500. The lowest BCUT2D eigenvalue weighted by Gasteiger charge is -2.12. The van der Waals surface area contributed by atoms with Crippen molar-refractivity contribution in [2.24, 2.45) is 0 Å². The maximum Gasteiger partial charge on any atom is 0.276 e. The molecule has 0 spiro atoms. The molecule has 1 amide bonds. The Morgan fingerprint density at radius 3 is 2.79 bits per heavy atom. The second-order valence-electron chi connectivity index (χ2n) is 5.97. The summed E-state index contributed by atoms with van der Waals surface area (Å²) in [6, 6.07) is 14.6. The van der Waals surface area contributed by atoms with Crippen LogP contribution in [0.25, 0.3) is 15.9 Å². The summed E-state index contributed by atoms with van der Waals surface area (Å²) in [6.45, 7) is 0. The predicted octanol–water partition coefficient (Wildman–Crippen LogP) is 4.97. The van der Waals surface area contributed by atoms with Gasteiger partial charge in [-0.05, 0) is 41.8 Å². The van der Waals surface area contributed by atoms with Gasteiger partial charge in [-0.1, -0.05) is 41.6 Å². The molecule has 0 unspecified atom stereocenters. The number of nitrogens with zero attached hydrogens (tertiary/aromatic N) is 2. The zero-order valence-corrected chi connectivity index (χ0v) is 17.2. The Labute approximate surface area is 178 Å². The highest BCUT2D eigenvalue weighted by Crippen LogP contribution is 2.25. The zero-order chi connectivity index (χ0) is 20.4. The van der Waals surface area contributed by atoms with Crippen LogP contribution in [0.1, 0.15) is 0 Å². The van der Waals surface area contributed by atoms with Gasteiger partial charge in [0.1, 0.15) is 10.5 Å². The summed E-state index contributed by atoms with van der Waals surface area (Å²) in [5, 5.41) is 5.03. The van der Waals surface area contributed by atoms with Gasteiger partial charge >= 0.3 is 0 Å². The fourth-order valence-corrected chi connectivity index (χ4v) is 4.44. The van der Waals surface area contributed by atoms with Gasteiger partial charge in [-0.2, -0.15) is 0 Å². The van der Waals surface area contributed by atoms with E-state index in [0.29, 0.717) is 21.1 Å². The summed E-state index contributed by atoms with van der Waals surface area (Å²) in [4.78, 5) is 29.9. The molecule has 0 bridgehead atoms. The third-order valence-corrected chi connectivity index (χ3v) is 6.16. The van der Waals surface area contributed by atoms with Crippen LogP contribution in [0.5, 0.6) is 0 Å². The molecule has 0 saturated heterocycles. The number of rotatable bonds is 5. The lowest BCUT2D eigenvalue weighted by molar-refractivity contribution is -0.113. The number of carbonyl (C=O) groups excluding carboxylic acids is 1. The minimum absolute atomic E-state index is 0.0260. The number of para-hydroxylation sites is 1. The van der Waals surface area contributed by atoms with E-state index < -0.39 is 5.82 Å². The van der Waals surface area contributed by atoms with E-state index in [9.17, 15) is 14.0 Å². The van der Waals surface area contributed by atoms with E-state index in [4.69, 9.17) is 11.6 Å². The monoisotopic (exact) mass is 445 g/mol. The number of carbonyl (C=O) groups is 1. The average molecular weight is 446 g/mol. The van der Waals surface area contributed by atoms with E-state index in [1.54, 1.807) is 18.2 Å². The Balaban J connectivity index is 1.63. The van der Waals surface area contributed by atoms with Crippen molar-refractivity contribution in [2.75, 3.05) is 11.1 Å². The molecule has 0 atom stereocenters. The molecule has 0 aliphatic carbocycles. The molecular weight excluding hydrogens is 433 g/mol. The lowest BCUT2D eigenvalue weighted by atomic mass is 10.3. The fourth-order valence-electron chi connectivity index (χ4n) is 2.70. The molecule has 9 heteroatoms. The number of benzene rings is 2. The molecule has 0 radical (unpaired) electrons. The second kappa shape index (κ2) is 8.36. The Morgan fingerprint density at radius 2 is 2.00 bits per heavy atom. The van der Waals surface area contributed by atoms with Crippen LogP contribution in [-0.4, -0.2) is 21.2 Å². The van der Waals surface area contributed by atoms with Gasteiger partial charge < -0.3 is 5.32 Å². The molecule has 29 heavy (non-hydrogen) atoms. The first-order valence-electron chi connectivity index (χ1n) is 8.46. The van der Waals surface area contributed by atoms with Crippen molar-refractivity contribution in [1.29, 1.82) is 0 Å². The van der Waals surface area contributed by atoms with Crippen LogP contribution >= 0.6 is 34.7 Å². The van der Waals surface area contributed by atoms with Crippen LogP contribution in [0.4, 0.5) is 10.1 Å². The average Bonchev–Trinajstić information content (AvgIpc) is 3.19. The maximum absolute atomic E-state index is 13.4. The first kappa shape index (κ1) is 19.6. The number of amides is 1. The summed E-state index contributed by atoms with van der Waals surface area (Å²) in [6.07, 6.45) is 0. The number of fused-ring (bicyclic) bond motifs is 1. The van der Waals surface area contributed by atoms with Crippen molar-refractivity contribution in [3.05, 3.63) is 81.2 Å². The molecule has 146 valence electrons. The molecule has 0 fully saturated rings. The van der Waals surface area contributed by atoms with Crippen LogP contribution in [-0.2, 0) is 4.79 Å². The van der Waals surface area contributed by atoms with E-state index in [-0.39, 0.29) is 27.9 Å². The van der Waals surface area contributed by atoms with Gasteiger partial charge in [0.05, 0.1) is 27.7 Å². The number of thioether (sulfide) groups is 1. The summed E-state index contributed by atoms with van der Waals surface area (Å²) in [5.41, 5.74) is 1.26. The molecule has 0 saturated carbocycles. The SMILES string of the molecule is O=C(CSc1nc2ccsc2c(=O)n1-c1ccccc1)Nc1cc(F)ccc1Cl. The highest BCUT2D eigenvalue weighted by atomic mass is 35.5. The number of thiophene rings is 1. The van der Waals surface area contributed by atoms with E-state index in [2.05, 4.69) is 10.3 Å². The topological polar surface area (TPSA) is 64.0 Å². The van der Waals surface area contributed by atoms with Crippen molar-refractivity contribution in [2.45, 2.75) is 5.16 Å². The normalized spacial score (nSPS) is 11.0. The first-order chi connectivity index (χ1) is 14.0. The van der Waals surface area contributed by atoms with Crippen molar-refractivity contribution in [3.63, 3.8) is 0 Å². The molecule has 2 aromatic heterocycles. The zero-order valence-electron chi connectivity index (χ0n) is 14.8. The molecule has 5 nitrogen and oxygen atoms in total. The summed E-state index contributed by atoms with van der Waals surface area (Å²) >= 11 is 8.44. The predicted molar refractivity (Wildman–Crippen MR) is 116 cm³/mol. The van der Waals surface area contributed by atoms with Gasteiger partial charge in [0.2, 0.25) is 5.91 Å². The van der Waals surface area contributed by atoms with Crippen molar-refractivity contribution in [1.82, 2.24) is 9.55 Å². The van der Waals surface area contributed by atoms with Gasteiger partial charge in [0.25, 0.3) is 5.56 Å². The molecular formula is C20H13ClFN3O2S2. The third-order valence-electron chi connectivity index (χ3n) is 4.00. The minimum atomic E-state index is -0.500. The highest BCUT2D eigenvalue weighted by molar-refractivity contribution is 7.99. The largest absolute Gasteiger partial charge is 0.324 e. The summed E-state index contributed by atoms with van der Waals surface area (Å²) in [7, 11) is 0. The Kier molecular flexibility index (Phi) is 5.66. The van der Waals surface area contributed by atoms with Gasteiger partial charge in [-0.15, -0.1) is 11.3 Å². The van der Waals surface area contributed by atoms with E-state index in [0.717, 1.165) is 17.8 Å². The molecule has 0 aliphatic heterocycles. The minimum Gasteiger partial charge on any atom is -0.324 e. The van der Waals surface area contributed by atoms with Gasteiger partial charge in [0.15, 0.2) is 5.16 Å². The summed E-state index contributed by atoms with van der Waals surface area (Å²) in [5.74, 6) is -0.913. The Bertz CT molecular complexity index is 1260. The molecule has 1 N–H and O–H groups in total. The van der Waals surface area contributed by atoms with Crippen LogP contribution in [0.3, 0.4) is 0 Å². The number of anilines is 1. The Hall–Kier alpha value is -2.68. The molecule has 4 aromatic rings. The molecule has 2 aromatic carbocycles. The number of hydrogen-bond donors (Lipinski definition) is 1. The molecule has 0 aliphatic rings. The van der Waals surface area contributed by atoms with Crippen molar-refractivity contribution in [3.8, 4) is 5.69 Å². The smallest absolute Gasteiger partial charge is 0.276 e. The van der Waals surface area contributed by atoms with E-state index in [1.807, 2.05) is 23.6 Å². The summed E-state index contributed by atoms with van der Waals surface area (Å²) < 4.78 is 15.4. The number of nitrogens with one attached hydrogen (secondary N) is 1. The Morgan fingerprint density at radius 1 is 1.21 bits per heavy atom. The molecule has 2 heterocycles. The van der Waals surface area contributed by atoms with Gasteiger partial charge in [-0.25, -0.2) is 9.37 Å². The van der Waals surface area contributed by atoms with Crippen molar-refractivity contribution < 1.29 is 9.18 Å². The van der Waals surface area contributed by atoms with Crippen LogP contribution in [0.2, 0.25) is 5.02 Å². The van der Waals surface area contributed by atoms with Crippen LogP contribution in [0.15, 0.2) is 69.9 Å². The lowest BCUT2D eigenvalue weighted by Crippen LogP contribution is -2.22. The maximum atomic E-state index is 13.4. The first-order valence-corrected chi connectivity index (χ1v) is 10.7. The standard InChI is InChI=1S/C20H13ClFN3O2S2/c21-14-7-6-12(22)10-16(14)23-17(26)11-29-20-24-15-8-9-28-18(15)19(27)25(20)13-4-2-1-3-5-13/h1-10H,11H2,(H,23,26). The van der Waals surface area contributed by atoms with E-state index in [1.165, 1.54) is 28.0 Å². The molecule has 4 rings (SSSR count). The number of halogens is 2. The van der Waals surface area contributed by atoms with Gasteiger partial charge in [0, 0.05) is 0 Å². The quantitative estimate of drug-likeness (QED) is 0.348. The highest BCUT2D eigenvalue weighted by Gasteiger charge is 2.16. The number of aromatic nitrogens is 2. The number of hydrogen-bond acceptors (Lipinski definition) is 5. The second-order valence-corrected chi connectivity index (χ2v) is 8.23. The van der Waals surface area contributed by atoms with E-state index >= 15 is 0 Å². The van der Waals surface area contributed by atoms with Gasteiger partial charge in [-0.3, -0.25) is 14.2 Å². The van der Waals surface area contributed by atoms with Crippen molar-refractivity contribution >= 4 is 56.5 Å². The third kappa shape index (κ3) is 4.19. The van der Waals surface area contributed by atoms with Crippen LogP contribution in [0, 0.1) is 5.82 Å².